The molecule has 0 amide bonds. The van der Waals surface area contributed by atoms with E-state index in [1.807, 2.05) is 50.2 Å². The molecule has 3 heterocycles. The smallest absolute Gasteiger partial charge is 0.341 e. The fourth-order valence-corrected chi connectivity index (χ4v) is 3.66. The summed E-state index contributed by atoms with van der Waals surface area (Å²) >= 11 is 0. The van der Waals surface area contributed by atoms with Crippen LogP contribution >= 0.6 is 0 Å². The summed E-state index contributed by atoms with van der Waals surface area (Å²) in [4.78, 5) is 37.5. The Balaban J connectivity index is 1.77. The fraction of sp³-hybridized carbons (Fsp3) is 0.192. The average molecular weight is 470 g/mol. The molecule has 0 bridgehead atoms. The van der Waals surface area contributed by atoms with Crippen molar-refractivity contribution in [3.8, 4) is 18.2 Å². The number of hydrogen-bond acceptors (Lipinski definition) is 7. The lowest BCUT2D eigenvalue weighted by atomic mass is 10.1. The van der Waals surface area contributed by atoms with Gasteiger partial charge in [0.25, 0.3) is 5.56 Å². The van der Waals surface area contributed by atoms with Crippen molar-refractivity contribution in [2.75, 3.05) is 5.32 Å². The van der Waals surface area contributed by atoms with Crippen molar-refractivity contribution >= 4 is 17.4 Å². The summed E-state index contributed by atoms with van der Waals surface area (Å²) in [6.07, 6.45) is 8.26. The van der Waals surface area contributed by atoms with E-state index in [2.05, 4.69) is 26.2 Å². The van der Waals surface area contributed by atoms with Crippen LogP contribution in [0.5, 0.6) is 5.88 Å². The number of carbonyl (C=O) groups is 1. The van der Waals surface area contributed by atoms with Gasteiger partial charge in [-0.05, 0) is 43.9 Å². The van der Waals surface area contributed by atoms with Crippen LogP contribution in [-0.2, 0) is 6.61 Å². The number of aryl methyl sites for hydroxylation is 1. The van der Waals surface area contributed by atoms with Gasteiger partial charge in [0, 0.05) is 18.0 Å². The number of aromatic nitrogens is 4. The van der Waals surface area contributed by atoms with E-state index >= 15 is 0 Å². The van der Waals surface area contributed by atoms with Crippen LogP contribution in [0.4, 0.5) is 5.82 Å². The summed E-state index contributed by atoms with van der Waals surface area (Å²) in [6.45, 7) is 5.61. The van der Waals surface area contributed by atoms with E-state index < -0.39 is 12.0 Å². The number of nitrogens with zero attached hydrogens (tertiary/aromatic N) is 4. The standard InChI is InChI=1S/C26H23N5O4/c1-5-21-27-12-20(26(33)34)22(29-21)28-17(4)19-11-15(2)13-31-23(19)30-24(16(3)25(31)32)35-14-18-9-7-6-8-10-18/h1,6-13,17H,14H2,2-4H3,(H,33,34)(H,27,28,29)/t17-/m1/s1. The zero-order chi connectivity index (χ0) is 25.1. The van der Waals surface area contributed by atoms with Crippen LogP contribution in [0, 0.1) is 26.2 Å². The van der Waals surface area contributed by atoms with E-state index in [4.69, 9.17) is 11.2 Å². The second-order valence-electron chi connectivity index (χ2n) is 8.06. The number of fused-ring (bicyclic) bond motifs is 1. The summed E-state index contributed by atoms with van der Waals surface area (Å²) in [7, 11) is 0. The molecule has 0 unspecified atom stereocenters. The third kappa shape index (κ3) is 4.82. The number of pyridine rings is 1. The molecule has 0 saturated carbocycles. The second kappa shape index (κ2) is 9.65. The van der Waals surface area contributed by atoms with Crippen LogP contribution in [0.25, 0.3) is 5.65 Å². The van der Waals surface area contributed by atoms with Crippen LogP contribution in [-0.4, -0.2) is 30.4 Å². The van der Waals surface area contributed by atoms with Crippen molar-refractivity contribution in [1.29, 1.82) is 0 Å². The van der Waals surface area contributed by atoms with Crippen molar-refractivity contribution in [3.63, 3.8) is 0 Å². The highest BCUT2D eigenvalue weighted by Gasteiger charge is 2.20. The lowest BCUT2D eigenvalue weighted by Crippen LogP contribution is -2.22. The molecule has 0 fully saturated rings. The Morgan fingerprint density at radius 1 is 1.26 bits per heavy atom. The van der Waals surface area contributed by atoms with E-state index in [0.717, 1.165) is 17.3 Å². The number of aromatic carboxylic acids is 1. The van der Waals surface area contributed by atoms with Crippen LogP contribution in [0.1, 0.15) is 51.4 Å². The largest absolute Gasteiger partial charge is 0.477 e. The Bertz CT molecular complexity index is 1520. The van der Waals surface area contributed by atoms with Crippen LogP contribution in [0.2, 0.25) is 0 Å². The first-order valence-corrected chi connectivity index (χ1v) is 10.8. The maximum atomic E-state index is 13.2. The predicted molar refractivity (Wildman–Crippen MR) is 131 cm³/mol. The normalized spacial score (nSPS) is 11.6. The highest BCUT2D eigenvalue weighted by atomic mass is 16.5. The van der Waals surface area contributed by atoms with Crippen molar-refractivity contribution in [3.05, 3.63) is 92.8 Å². The molecule has 35 heavy (non-hydrogen) atoms. The molecule has 0 aliphatic carbocycles. The molecule has 0 saturated heterocycles. The predicted octanol–water partition coefficient (Wildman–Crippen LogP) is 3.53. The van der Waals surface area contributed by atoms with Gasteiger partial charge in [-0.15, -0.1) is 6.42 Å². The molecule has 0 radical (unpaired) electrons. The number of rotatable bonds is 7. The van der Waals surface area contributed by atoms with Gasteiger partial charge in [-0.3, -0.25) is 9.20 Å². The fourth-order valence-electron chi connectivity index (χ4n) is 3.66. The molecule has 4 rings (SSSR count). The van der Waals surface area contributed by atoms with E-state index in [0.29, 0.717) is 16.8 Å². The van der Waals surface area contributed by atoms with E-state index in [9.17, 15) is 14.7 Å². The Morgan fingerprint density at radius 3 is 2.69 bits per heavy atom. The van der Waals surface area contributed by atoms with Gasteiger partial charge in [0.15, 0.2) is 0 Å². The molecule has 0 spiro atoms. The van der Waals surface area contributed by atoms with Gasteiger partial charge >= 0.3 is 5.97 Å². The minimum Gasteiger partial charge on any atom is -0.477 e. The molecular formula is C26H23N5O4. The molecule has 9 heteroatoms. The first kappa shape index (κ1) is 23.4. The summed E-state index contributed by atoms with van der Waals surface area (Å²) in [6, 6.07) is 11.0. The minimum atomic E-state index is -1.20. The summed E-state index contributed by atoms with van der Waals surface area (Å²) < 4.78 is 7.38. The number of carboxylic acid groups (broad SMARTS) is 1. The van der Waals surface area contributed by atoms with E-state index in [-0.39, 0.29) is 35.3 Å². The van der Waals surface area contributed by atoms with Gasteiger partial charge in [0.2, 0.25) is 11.7 Å². The van der Waals surface area contributed by atoms with Crippen molar-refractivity contribution in [2.45, 2.75) is 33.4 Å². The number of terminal acetylenes is 1. The van der Waals surface area contributed by atoms with Crippen molar-refractivity contribution in [1.82, 2.24) is 19.4 Å². The Labute approximate surface area is 201 Å². The zero-order valence-corrected chi connectivity index (χ0v) is 19.4. The molecule has 3 aromatic heterocycles. The molecular weight excluding hydrogens is 446 g/mol. The third-order valence-corrected chi connectivity index (χ3v) is 5.46. The Morgan fingerprint density at radius 2 is 2.00 bits per heavy atom. The quantitative estimate of drug-likeness (QED) is 0.395. The monoisotopic (exact) mass is 469 g/mol. The molecule has 4 aromatic rings. The number of nitrogens with one attached hydrogen (secondary N) is 1. The van der Waals surface area contributed by atoms with E-state index in [1.165, 1.54) is 4.40 Å². The van der Waals surface area contributed by atoms with Crippen LogP contribution in [0.3, 0.4) is 0 Å². The van der Waals surface area contributed by atoms with Gasteiger partial charge < -0.3 is 15.2 Å². The molecule has 2 N–H and O–H groups in total. The van der Waals surface area contributed by atoms with Gasteiger partial charge in [-0.25, -0.2) is 14.8 Å². The number of anilines is 1. The topological polar surface area (TPSA) is 119 Å². The Kier molecular flexibility index (Phi) is 6.46. The lowest BCUT2D eigenvalue weighted by molar-refractivity contribution is 0.0697. The van der Waals surface area contributed by atoms with Crippen LogP contribution < -0.4 is 15.6 Å². The van der Waals surface area contributed by atoms with Gasteiger partial charge in [-0.1, -0.05) is 30.3 Å². The SMILES string of the molecule is C#Cc1ncc(C(=O)O)c(N[C@H](C)c2cc(C)cn3c(=O)c(C)c(OCc4ccccc4)nc23)n1. The molecule has 1 aromatic carbocycles. The van der Waals surface area contributed by atoms with Crippen molar-refractivity contribution < 1.29 is 14.6 Å². The number of ether oxygens (including phenoxy) is 1. The third-order valence-electron chi connectivity index (χ3n) is 5.46. The van der Waals surface area contributed by atoms with Gasteiger partial charge in [-0.2, -0.15) is 4.98 Å². The summed E-state index contributed by atoms with van der Waals surface area (Å²) in [5, 5.41) is 12.6. The zero-order valence-electron chi connectivity index (χ0n) is 19.4. The van der Waals surface area contributed by atoms with Crippen LogP contribution in [0.15, 0.2) is 53.6 Å². The molecule has 0 aliphatic heterocycles. The van der Waals surface area contributed by atoms with Gasteiger partial charge in [0.05, 0.1) is 11.6 Å². The molecule has 9 nitrogen and oxygen atoms in total. The minimum absolute atomic E-state index is 0.0559. The summed E-state index contributed by atoms with van der Waals surface area (Å²) in [5.74, 6) is 1.47. The first-order valence-electron chi connectivity index (χ1n) is 10.8. The average Bonchev–Trinajstić information content (AvgIpc) is 2.85. The number of benzene rings is 1. The molecule has 1 atom stereocenters. The highest BCUT2D eigenvalue weighted by molar-refractivity contribution is 5.92. The maximum absolute atomic E-state index is 13.2. The van der Waals surface area contributed by atoms with Gasteiger partial charge in [0.1, 0.15) is 23.6 Å². The molecule has 0 aliphatic rings. The first-order chi connectivity index (χ1) is 16.8. The Hall–Kier alpha value is -4.71. The highest BCUT2D eigenvalue weighted by Crippen LogP contribution is 2.26. The maximum Gasteiger partial charge on any atom is 0.341 e. The second-order valence-corrected chi connectivity index (χ2v) is 8.06. The number of carboxylic acids is 1. The van der Waals surface area contributed by atoms with Crippen molar-refractivity contribution in [2.24, 2.45) is 0 Å². The summed E-state index contributed by atoms with van der Waals surface area (Å²) in [5.41, 5.74) is 2.83. The molecule has 176 valence electrons. The number of hydrogen-bond donors (Lipinski definition) is 2. The van der Waals surface area contributed by atoms with E-state index in [1.54, 1.807) is 13.1 Å². The lowest BCUT2D eigenvalue weighted by Gasteiger charge is -2.19.